The molecule has 1 aliphatic rings. The van der Waals surface area contributed by atoms with Crippen LogP contribution in [0.3, 0.4) is 0 Å². The molecular formula is C15H18N4O3. The average molecular weight is 302 g/mol. The summed E-state index contributed by atoms with van der Waals surface area (Å²) in [5.41, 5.74) is 6.18. The summed E-state index contributed by atoms with van der Waals surface area (Å²) < 4.78 is 5.33. The monoisotopic (exact) mass is 302 g/mol. The van der Waals surface area contributed by atoms with E-state index in [-0.39, 0.29) is 18.2 Å². The molecule has 1 heterocycles. The summed E-state index contributed by atoms with van der Waals surface area (Å²) in [7, 11) is 0. The van der Waals surface area contributed by atoms with Crippen LogP contribution in [0, 0.1) is 5.92 Å². The van der Waals surface area contributed by atoms with Crippen molar-refractivity contribution in [1.29, 1.82) is 0 Å². The lowest BCUT2D eigenvalue weighted by atomic mass is 10.0. The summed E-state index contributed by atoms with van der Waals surface area (Å²) in [6.07, 6.45) is 1.56. The van der Waals surface area contributed by atoms with Gasteiger partial charge >= 0.3 is 0 Å². The minimum atomic E-state index is -0.513. The van der Waals surface area contributed by atoms with Gasteiger partial charge in [-0.15, -0.1) is 0 Å². The van der Waals surface area contributed by atoms with E-state index in [0.29, 0.717) is 12.3 Å². The highest BCUT2D eigenvalue weighted by molar-refractivity contribution is 6.09. The van der Waals surface area contributed by atoms with Gasteiger partial charge in [0, 0.05) is 12.1 Å². The molecule has 0 spiro atoms. The third-order valence-corrected chi connectivity index (χ3v) is 3.15. The Hall–Kier alpha value is -2.70. The SMILES string of the molecule is CCOc1ccc(/C=N\NC(=O)C[C@H]2C(=O)NN=C2C)cc1. The second kappa shape index (κ2) is 7.35. The Kier molecular flexibility index (Phi) is 5.24. The smallest absolute Gasteiger partial charge is 0.249 e. The van der Waals surface area contributed by atoms with Gasteiger partial charge in [-0.1, -0.05) is 0 Å². The molecule has 2 amide bonds. The highest BCUT2D eigenvalue weighted by Crippen LogP contribution is 2.12. The number of carbonyl (C=O) groups excluding carboxylic acids is 2. The van der Waals surface area contributed by atoms with E-state index in [1.165, 1.54) is 6.21 Å². The highest BCUT2D eigenvalue weighted by Gasteiger charge is 2.28. The molecule has 0 saturated heterocycles. The summed E-state index contributed by atoms with van der Waals surface area (Å²) in [6.45, 7) is 4.24. The standard InChI is InChI=1S/C15H18N4O3/c1-3-22-12-6-4-11(5-7-12)9-16-18-14(20)8-13-10(2)17-19-15(13)21/h4-7,9,13H,3,8H2,1-2H3,(H,18,20)(H,19,21)/b16-9-/t13-/m1/s1. The van der Waals surface area contributed by atoms with E-state index in [9.17, 15) is 9.59 Å². The van der Waals surface area contributed by atoms with Crippen molar-refractivity contribution in [3.05, 3.63) is 29.8 Å². The molecule has 1 aromatic carbocycles. The van der Waals surface area contributed by atoms with Gasteiger partial charge in [-0.25, -0.2) is 10.9 Å². The summed E-state index contributed by atoms with van der Waals surface area (Å²) >= 11 is 0. The van der Waals surface area contributed by atoms with E-state index in [1.807, 2.05) is 31.2 Å². The predicted octanol–water partition coefficient (Wildman–Crippen LogP) is 1.05. The van der Waals surface area contributed by atoms with Crippen molar-refractivity contribution < 1.29 is 14.3 Å². The maximum absolute atomic E-state index is 11.7. The van der Waals surface area contributed by atoms with Crippen LogP contribution in [-0.4, -0.2) is 30.3 Å². The van der Waals surface area contributed by atoms with Crippen molar-refractivity contribution in [2.24, 2.45) is 16.1 Å². The first-order chi connectivity index (χ1) is 10.6. The van der Waals surface area contributed by atoms with Crippen molar-refractivity contribution >= 4 is 23.7 Å². The Morgan fingerprint density at radius 3 is 2.77 bits per heavy atom. The highest BCUT2D eigenvalue weighted by atomic mass is 16.5. The van der Waals surface area contributed by atoms with Crippen molar-refractivity contribution in [3.8, 4) is 5.75 Å². The van der Waals surface area contributed by atoms with Crippen LogP contribution in [0.4, 0.5) is 0 Å². The molecular weight excluding hydrogens is 284 g/mol. The van der Waals surface area contributed by atoms with Crippen LogP contribution < -0.4 is 15.6 Å². The van der Waals surface area contributed by atoms with Gasteiger partial charge < -0.3 is 4.74 Å². The molecule has 0 aliphatic carbocycles. The Balaban J connectivity index is 1.82. The lowest BCUT2D eigenvalue weighted by Crippen LogP contribution is -2.29. The van der Waals surface area contributed by atoms with E-state index >= 15 is 0 Å². The molecule has 0 fully saturated rings. The molecule has 1 aliphatic heterocycles. The number of ether oxygens (including phenoxy) is 1. The average Bonchev–Trinajstić information content (AvgIpc) is 2.81. The Bertz CT molecular complexity index is 608. The molecule has 0 unspecified atom stereocenters. The fourth-order valence-electron chi connectivity index (χ4n) is 1.96. The Morgan fingerprint density at radius 1 is 1.45 bits per heavy atom. The fraction of sp³-hybridized carbons (Fsp3) is 0.333. The zero-order valence-electron chi connectivity index (χ0n) is 12.5. The zero-order chi connectivity index (χ0) is 15.9. The van der Waals surface area contributed by atoms with Crippen molar-refractivity contribution in [3.63, 3.8) is 0 Å². The Morgan fingerprint density at radius 2 is 2.18 bits per heavy atom. The zero-order valence-corrected chi connectivity index (χ0v) is 12.5. The predicted molar refractivity (Wildman–Crippen MR) is 82.7 cm³/mol. The minimum absolute atomic E-state index is 0.0295. The third kappa shape index (κ3) is 4.15. The first-order valence-corrected chi connectivity index (χ1v) is 6.99. The molecule has 116 valence electrons. The molecule has 0 bridgehead atoms. The van der Waals surface area contributed by atoms with Gasteiger partial charge in [0.25, 0.3) is 0 Å². The second-order valence-corrected chi connectivity index (χ2v) is 4.78. The Labute approximate surface area is 128 Å². The van der Waals surface area contributed by atoms with Crippen molar-refractivity contribution in [2.75, 3.05) is 6.61 Å². The summed E-state index contributed by atoms with van der Waals surface area (Å²) in [5.74, 6) is -0.326. The van der Waals surface area contributed by atoms with Gasteiger partial charge in [0.15, 0.2) is 0 Å². The minimum Gasteiger partial charge on any atom is -0.494 e. The van der Waals surface area contributed by atoms with Gasteiger partial charge in [0.2, 0.25) is 11.8 Å². The molecule has 2 rings (SSSR count). The number of amides is 2. The fourth-order valence-corrected chi connectivity index (χ4v) is 1.96. The van der Waals surface area contributed by atoms with Crippen LogP contribution in [0.5, 0.6) is 5.75 Å². The van der Waals surface area contributed by atoms with Crippen LogP contribution in [0.25, 0.3) is 0 Å². The quantitative estimate of drug-likeness (QED) is 0.607. The number of benzene rings is 1. The van der Waals surface area contributed by atoms with Gasteiger partial charge in [-0.3, -0.25) is 9.59 Å². The number of carbonyl (C=O) groups is 2. The first-order valence-electron chi connectivity index (χ1n) is 6.99. The van der Waals surface area contributed by atoms with Crippen LogP contribution in [0.1, 0.15) is 25.8 Å². The number of nitrogens with one attached hydrogen (secondary N) is 2. The largest absolute Gasteiger partial charge is 0.494 e. The first kappa shape index (κ1) is 15.7. The van der Waals surface area contributed by atoms with Gasteiger partial charge in [-0.05, 0) is 43.7 Å². The molecule has 0 saturated carbocycles. The van der Waals surface area contributed by atoms with Crippen LogP contribution in [0.2, 0.25) is 0 Å². The van der Waals surface area contributed by atoms with E-state index in [4.69, 9.17) is 4.74 Å². The lowest BCUT2D eigenvalue weighted by Gasteiger charge is -2.05. The van der Waals surface area contributed by atoms with Gasteiger partial charge in [-0.2, -0.15) is 10.2 Å². The number of nitrogens with zero attached hydrogens (tertiary/aromatic N) is 2. The molecule has 7 heteroatoms. The van der Waals surface area contributed by atoms with Crippen LogP contribution in [-0.2, 0) is 9.59 Å². The molecule has 0 aromatic heterocycles. The number of hydrogen-bond donors (Lipinski definition) is 2. The van der Waals surface area contributed by atoms with Gasteiger partial charge in [0.05, 0.1) is 18.7 Å². The van der Waals surface area contributed by atoms with Crippen LogP contribution >= 0.6 is 0 Å². The van der Waals surface area contributed by atoms with E-state index < -0.39 is 5.92 Å². The summed E-state index contributed by atoms with van der Waals surface area (Å²) in [4.78, 5) is 23.2. The number of rotatable bonds is 6. The maximum atomic E-state index is 11.7. The molecule has 0 radical (unpaired) electrons. The normalized spacial score (nSPS) is 17.3. The summed E-state index contributed by atoms with van der Waals surface area (Å²) in [6, 6.07) is 7.33. The molecule has 1 aromatic rings. The lowest BCUT2D eigenvalue weighted by molar-refractivity contribution is -0.127. The van der Waals surface area contributed by atoms with Crippen molar-refractivity contribution in [1.82, 2.24) is 10.9 Å². The van der Waals surface area contributed by atoms with Crippen LogP contribution in [0.15, 0.2) is 34.5 Å². The van der Waals surface area contributed by atoms with E-state index in [0.717, 1.165) is 11.3 Å². The van der Waals surface area contributed by atoms with E-state index in [1.54, 1.807) is 6.92 Å². The molecule has 7 nitrogen and oxygen atoms in total. The number of hydrazone groups is 2. The van der Waals surface area contributed by atoms with Crippen molar-refractivity contribution in [2.45, 2.75) is 20.3 Å². The number of hydrogen-bond acceptors (Lipinski definition) is 5. The topological polar surface area (TPSA) is 92.1 Å². The van der Waals surface area contributed by atoms with Gasteiger partial charge in [0.1, 0.15) is 5.75 Å². The maximum Gasteiger partial charge on any atom is 0.249 e. The third-order valence-electron chi connectivity index (χ3n) is 3.15. The second-order valence-electron chi connectivity index (χ2n) is 4.78. The molecule has 22 heavy (non-hydrogen) atoms. The molecule has 1 atom stereocenters. The molecule has 2 N–H and O–H groups in total. The summed E-state index contributed by atoms with van der Waals surface area (Å²) in [5, 5.41) is 7.66. The van der Waals surface area contributed by atoms with E-state index in [2.05, 4.69) is 21.1 Å².